The van der Waals surface area contributed by atoms with Crippen molar-refractivity contribution >= 4 is 11.6 Å². The fraction of sp³-hybridized carbons (Fsp3) is 0.300. The molecule has 0 heterocycles. The maximum atomic E-state index is 13.0. The molecule has 0 amide bonds. The molecule has 2 unspecified atom stereocenters. The zero-order valence-corrected chi connectivity index (χ0v) is 13.8. The summed E-state index contributed by atoms with van der Waals surface area (Å²) in [5, 5.41) is 0. The van der Waals surface area contributed by atoms with Gasteiger partial charge in [-0.2, -0.15) is 0 Å². The van der Waals surface area contributed by atoms with E-state index in [4.69, 9.17) is 9.47 Å². The number of hydrogen-bond donors (Lipinski definition) is 0. The van der Waals surface area contributed by atoms with Crippen molar-refractivity contribution in [2.75, 3.05) is 14.2 Å². The Balaban J connectivity index is 1.88. The molecule has 1 fully saturated rings. The maximum absolute atomic E-state index is 13.0. The van der Waals surface area contributed by atoms with Gasteiger partial charge in [0.05, 0.1) is 26.1 Å². The molecule has 0 radical (unpaired) electrons. The van der Waals surface area contributed by atoms with Crippen molar-refractivity contribution in [1.82, 2.24) is 0 Å². The molecular weight excluding hydrogens is 304 g/mol. The number of methoxy groups -OCH3 is 2. The largest absolute Gasteiger partial charge is 0.497 e. The average molecular weight is 324 g/mol. The molecule has 0 saturated heterocycles. The molecule has 2 aromatic carbocycles. The van der Waals surface area contributed by atoms with Crippen LogP contribution in [0.25, 0.3) is 0 Å². The lowest BCUT2D eigenvalue weighted by molar-refractivity contribution is -0.132. The van der Waals surface area contributed by atoms with Crippen LogP contribution in [0.1, 0.15) is 35.8 Å². The summed E-state index contributed by atoms with van der Waals surface area (Å²) in [4.78, 5) is 25.2. The van der Waals surface area contributed by atoms with E-state index in [9.17, 15) is 9.59 Å². The summed E-state index contributed by atoms with van der Waals surface area (Å²) in [5.41, 5.74) is 1.74. The number of ketones is 2. The van der Waals surface area contributed by atoms with Crippen LogP contribution in [0.2, 0.25) is 0 Å². The van der Waals surface area contributed by atoms with Gasteiger partial charge in [-0.3, -0.25) is 9.59 Å². The third-order valence-electron chi connectivity index (χ3n) is 4.59. The van der Waals surface area contributed by atoms with Gasteiger partial charge in [0.2, 0.25) is 0 Å². The second kappa shape index (κ2) is 6.87. The van der Waals surface area contributed by atoms with Gasteiger partial charge in [-0.15, -0.1) is 0 Å². The first-order chi connectivity index (χ1) is 11.6. The van der Waals surface area contributed by atoms with Crippen molar-refractivity contribution in [2.45, 2.75) is 24.7 Å². The monoisotopic (exact) mass is 324 g/mol. The van der Waals surface area contributed by atoms with Gasteiger partial charge in [0.1, 0.15) is 23.1 Å². The van der Waals surface area contributed by atoms with Crippen molar-refractivity contribution in [3.05, 3.63) is 59.7 Å². The predicted molar refractivity (Wildman–Crippen MR) is 90.7 cm³/mol. The molecule has 3 rings (SSSR count). The number of Topliss-reactive ketones (excluding diaryl/α,β-unsaturated/α-hetero) is 2. The average Bonchev–Trinajstić information content (AvgIpc) is 2.63. The molecular formula is C20H20O4. The highest BCUT2D eigenvalue weighted by Gasteiger charge is 2.37. The fourth-order valence-electron chi connectivity index (χ4n) is 3.22. The Labute approximate surface area is 141 Å². The van der Waals surface area contributed by atoms with Crippen molar-refractivity contribution < 1.29 is 19.1 Å². The van der Waals surface area contributed by atoms with Gasteiger partial charge < -0.3 is 9.47 Å². The lowest BCUT2D eigenvalue weighted by atomic mass is 9.73. The van der Waals surface area contributed by atoms with Crippen LogP contribution >= 0.6 is 0 Å². The summed E-state index contributed by atoms with van der Waals surface area (Å²) >= 11 is 0. The summed E-state index contributed by atoms with van der Waals surface area (Å²) in [6.45, 7) is 0. The molecule has 1 saturated carbocycles. The van der Waals surface area contributed by atoms with Crippen LogP contribution in [-0.2, 0) is 9.59 Å². The quantitative estimate of drug-likeness (QED) is 0.864. The second-order valence-electron chi connectivity index (χ2n) is 6.00. The highest BCUT2D eigenvalue weighted by molar-refractivity contribution is 6.02. The predicted octanol–water partition coefficient (Wildman–Crippen LogP) is 3.50. The molecule has 2 atom stereocenters. The summed E-state index contributed by atoms with van der Waals surface area (Å²) in [6, 6.07) is 14.8. The van der Waals surface area contributed by atoms with E-state index >= 15 is 0 Å². The van der Waals surface area contributed by atoms with Crippen molar-refractivity contribution in [3.63, 3.8) is 0 Å². The minimum Gasteiger partial charge on any atom is -0.497 e. The maximum Gasteiger partial charge on any atom is 0.148 e. The smallest absolute Gasteiger partial charge is 0.148 e. The van der Waals surface area contributed by atoms with Crippen LogP contribution in [-0.4, -0.2) is 25.8 Å². The fourth-order valence-corrected chi connectivity index (χ4v) is 3.22. The molecule has 1 aliphatic carbocycles. The molecule has 4 nitrogen and oxygen atoms in total. The third-order valence-corrected chi connectivity index (χ3v) is 4.59. The van der Waals surface area contributed by atoms with E-state index in [0.717, 1.165) is 22.6 Å². The van der Waals surface area contributed by atoms with Gasteiger partial charge in [0.15, 0.2) is 0 Å². The van der Waals surface area contributed by atoms with Crippen molar-refractivity contribution in [2.24, 2.45) is 0 Å². The summed E-state index contributed by atoms with van der Waals surface area (Å²) in [7, 11) is 3.20. The van der Waals surface area contributed by atoms with Crippen LogP contribution in [0.3, 0.4) is 0 Å². The van der Waals surface area contributed by atoms with Gasteiger partial charge in [-0.25, -0.2) is 0 Å². The van der Waals surface area contributed by atoms with E-state index in [1.54, 1.807) is 14.2 Å². The molecule has 0 bridgehead atoms. The topological polar surface area (TPSA) is 52.6 Å². The minimum atomic E-state index is -0.385. The Kier molecular flexibility index (Phi) is 4.65. The zero-order valence-electron chi connectivity index (χ0n) is 13.8. The highest BCUT2D eigenvalue weighted by Crippen LogP contribution is 2.37. The van der Waals surface area contributed by atoms with Crippen LogP contribution in [0.5, 0.6) is 11.5 Å². The molecule has 0 spiro atoms. The van der Waals surface area contributed by atoms with Crippen LogP contribution in [0.4, 0.5) is 0 Å². The third kappa shape index (κ3) is 3.18. The van der Waals surface area contributed by atoms with Gasteiger partial charge in [-0.1, -0.05) is 24.3 Å². The number of rotatable bonds is 4. The Morgan fingerprint density at radius 1 is 0.708 bits per heavy atom. The summed E-state index contributed by atoms with van der Waals surface area (Å²) in [5.74, 6) is 0.926. The zero-order chi connectivity index (χ0) is 17.1. The van der Waals surface area contributed by atoms with E-state index in [1.165, 1.54) is 0 Å². The van der Waals surface area contributed by atoms with E-state index in [1.807, 2.05) is 48.5 Å². The molecule has 0 aromatic heterocycles. The molecule has 0 N–H and O–H groups in total. The minimum absolute atomic E-state index is 0.102. The first-order valence-electron chi connectivity index (χ1n) is 7.95. The van der Waals surface area contributed by atoms with Gasteiger partial charge in [0, 0.05) is 12.8 Å². The molecule has 0 aliphatic heterocycles. The number of carbonyl (C=O) groups is 2. The first kappa shape index (κ1) is 16.2. The van der Waals surface area contributed by atoms with Gasteiger partial charge >= 0.3 is 0 Å². The summed E-state index contributed by atoms with van der Waals surface area (Å²) < 4.78 is 10.3. The Hall–Kier alpha value is -2.62. The standard InChI is InChI=1S/C20H20O4/c1-23-16-7-3-13(4-8-16)18-11-15(21)12-19(20(18)22)14-5-9-17(24-2)10-6-14/h3-10,18-19H,11-12H2,1-2H3. The highest BCUT2D eigenvalue weighted by atomic mass is 16.5. The van der Waals surface area contributed by atoms with Crippen LogP contribution in [0, 0.1) is 0 Å². The lowest BCUT2D eigenvalue weighted by Gasteiger charge is -2.27. The molecule has 4 heteroatoms. The number of benzene rings is 2. The molecule has 2 aromatic rings. The Morgan fingerprint density at radius 3 is 1.42 bits per heavy atom. The molecule has 124 valence electrons. The SMILES string of the molecule is COc1ccc(C2CC(=O)CC(c3ccc(OC)cc3)C2=O)cc1. The van der Waals surface area contributed by atoms with Crippen molar-refractivity contribution in [3.8, 4) is 11.5 Å². The number of carbonyl (C=O) groups excluding carboxylic acids is 2. The van der Waals surface area contributed by atoms with Crippen LogP contribution in [0.15, 0.2) is 48.5 Å². The van der Waals surface area contributed by atoms with E-state index in [2.05, 4.69) is 0 Å². The van der Waals surface area contributed by atoms with Gasteiger partial charge in [-0.05, 0) is 35.4 Å². The Bertz CT molecular complexity index is 670. The van der Waals surface area contributed by atoms with E-state index < -0.39 is 0 Å². The molecule has 24 heavy (non-hydrogen) atoms. The summed E-state index contributed by atoms with van der Waals surface area (Å²) in [6.07, 6.45) is 0.551. The lowest BCUT2D eigenvalue weighted by Crippen LogP contribution is -2.30. The second-order valence-corrected chi connectivity index (χ2v) is 6.00. The Morgan fingerprint density at radius 2 is 1.08 bits per heavy atom. The van der Waals surface area contributed by atoms with Crippen LogP contribution < -0.4 is 9.47 Å². The number of ether oxygens (including phenoxy) is 2. The van der Waals surface area contributed by atoms with Crippen molar-refractivity contribution in [1.29, 1.82) is 0 Å². The normalized spacial score (nSPS) is 20.8. The van der Waals surface area contributed by atoms with E-state index in [0.29, 0.717) is 0 Å². The first-order valence-corrected chi connectivity index (χ1v) is 7.95. The molecule has 1 aliphatic rings. The number of hydrogen-bond acceptors (Lipinski definition) is 4. The van der Waals surface area contributed by atoms with Gasteiger partial charge in [0.25, 0.3) is 0 Å². The van der Waals surface area contributed by atoms with E-state index in [-0.39, 0.29) is 36.2 Å².